The van der Waals surface area contributed by atoms with Crippen LogP contribution in [0.25, 0.3) is 11.4 Å². The summed E-state index contributed by atoms with van der Waals surface area (Å²) in [5.74, 6) is 1.71. The highest BCUT2D eigenvalue weighted by Gasteiger charge is 2.30. The Morgan fingerprint density at radius 2 is 1.84 bits per heavy atom. The molecule has 0 bridgehead atoms. The second-order valence-electron chi connectivity index (χ2n) is 7.56. The van der Waals surface area contributed by atoms with Gasteiger partial charge < -0.3 is 14.5 Å². The molecule has 31 heavy (non-hydrogen) atoms. The molecule has 3 heterocycles. The average Bonchev–Trinajstić information content (AvgIpc) is 3.21. The van der Waals surface area contributed by atoms with Crippen molar-refractivity contribution < 1.29 is 22.6 Å². The Morgan fingerprint density at radius 3 is 2.61 bits per heavy atom. The normalized spacial score (nSPS) is 15.7. The third kappa shape index (κ3) is 3.88. The molecule has 1 aromatic heterocycles. The van der Waals surface area contributed by atoms with E-state index < -0.39 is 11.7 Å². The van der Waals surface area contributed by atoms with Crippen molar-refractivity contribution in [2.45, 2.75) is 25.7 Å². The number of aromatic nitrogens is 2. The molecule has 2 aliphatic rings. The zero-order valence-electron chi connectivity index (χ0n) is 16.3. The number of H-pyrrole nitrogens is 1. The lowest BCUT2D eigenvalue weighted by atomic mass is 10.0. The van der Waals surface area contributed by atoms with Crippen LogP contribution in [0.15, 0.2) is 47.3 Å². The minimum absolute atomic E-state index is 0.218. The topological polar surface area (TPSA) is 67.5 Å². The van der Waals surface area contributed by atoms with Crippen molar-refractivity contribution in [2.24, 2.45) is 0 Å². The zero-order valence-corrected chi connectivity index (χ0v) is 16.3. The fourth-order valence-corrected chi connectivity index (χ4v) is 3.88. The van der Waals surface area contributed by atoms with Crippen LogP contribution in [0.4, 0.5) is 13.2 Å². The Kier molecular flexibility index (Phi) is 4.70. The van der Waals surface area contributed by atoms with Crippen molar-refractivity contribution in [3.05, 3.63) is 75.2 Å². The van der Waals surface area contributed by atoms with Gasteiger partial charge in [0.2, 0.25) is 6.79 Å². The number of hydrogen-bond donors (Lipinski definition) is 1. The molecule has 0 saturated carbocycles. The van der Waals surface area contributed by atoms with Gasteiger partial charge in [-0.3, -0.25) is 9.69 Å². The minimum Gasteiger partial charge on any atom is -0.454 e. The summed E-state index contributed by atoms with van der Waals surface area (Å²) in [7, 11) is 0. The van der Waals surface area contributed by atoms with Gasteiger partial charge in [-0.15, -0.1) is 0 Å². The van der Waals surface area contributed by atoms with Crippen molar-refractivity contribution in [2.75, 3.05) is 13.3 Å². The Hall–Kier alpha value is -3.33. The molecule has 2 aromatic carbocycles. The van der Waals surface area contributed by atoms with Crippen molar-refractivity contribution in [1.29, 1.82) is 0 Å². The third-order valence-corrected chi connectivity index (χ3v) is 5.48. The van der Waals surface area contributed by atoms with Crippen LogP contribution in [0.1, 0.15) is 22.4 Å². The molecule has 9 heteroatoms. The highest BCUT2D eigenvalue weighted by Crippen LogP contribution is 2.33. The maximum atomic E-state index is 12.8. The monoisotopic (exact) mass is 429 g/mol. The third-order valence-electron chi connectivity index (χ3n) is 5.48. The highest BCUT2D eigenvalue weighted by molar-refractivity contribution is 5.56. The van der Waals surface area contributed by atoms with Crippen molar-refractivity contribution in [3.63, 3.8) is 0 Å². The van der Waals surface area contributed by atoms with Crippen LogP contribution in [0.3, 0.4) is 0 Å². The summed E-state index contributed by atoms with van der Waals surface area (Å²) in [6.45, 7) is 2.04. The molecule has 160 valence electrons. The second-order valence-corrected chi connectivity index (χ2v) is 7.56. The highest BCUT2D eigenvalue weighted by atomic mass is 19.4. The van der Waals surface area contributed by atoms with E-state index in [1.807, 2.05) is 18.2 Å². The molecule has 1 N–H and O–H groups in total. The van der Waals surface area contributed by atoms with Gasteiger partial charge in [0.1, 0.15) is 5.82 Å². The van der Waals surface area contributed by atoms with Crippen molar-refractivity contribution in [1.82, 2.24) is 14.9 Å². The number of rotatable bonds is 3. The van der Waals surface area contributed by atoms with Gasteiger partial charge in [-0.25, -0.2) is 4.98 Å². The number of halogens is 3. The molecule has 0 fully saturated rings. The number of hydrogen-bond acceptors (Lipinski definition) is 5. The summed E-state index contributed by atoms with van der Waals surface area (Å²) in [4.78, 5) is 22.0. The smallest absolute Gasteiger partial charge is 0.416 e. The van der Waals surface area contributed by atoms with E-state index in [4.69, 9.17) is 9.47 Å². The van der Waals surface area contributed by atoms with Gasteiger partial charge >= 0.3 is 6.18 Å². The fraction of sp³-hybridized carbons (Fsp3) is 0.273. The first-order chi connectivity index (χ1) is 14.9. The Morgan fingerprint density at radius 1 is 1.06 bits per heavy atom. The molecular weight excluding hydrogens is 411 g/mol. The van der Waals surface area contributed by atoms with Gasteiger partial charge in [0.05, 0.1) is 11.3 Å². The van der Waals surface area contributed by atoms with Crippen LogP contribution in [0.2, 0.25) is 0 Å². The van der Waals surface area contributed by atoms with Crippen LogP contribution in [-0.2, 0) is 25.7 Å². The van der Waals surface area contributed by atoms with Crippen LogP contribution in [-0.4, -0.2) is 28.2 Å². The Labute approximate surface area is 175 Å². The van der Waals surface area contributed by atoms with E-state index >= 15 is 0 Å². The molecule has 2 aliphatic heterocycles. The maximum absolute atomic E-state index is 12.8. The molecule has 0 unspecified atom stereocenters. The van der Waals surface area contributed by atoms with E-state index in [-0.39, 0.29) is 18.2 Å². The first kappa shape index (κ1) is 19.6. The molecule has 0 radical (unpaired) electrons. The molecular formula is C22H18F3N3O3. The SMILES string of the molecule is O=c1[nH]c(-c2ccc(C(F)(F)F)cc2)nc2c1CCN(Cc1ccc3c(c1)OCO3)C2. The molecule has 6 nitrogen and oxygen atoms in total. The van der Waals surface area contributed by atoms with E-state index in [9.17, 15) is 18.0 Å². The first-order valence-corrected chi connectivity index (χ1v) is 9.77. The maximum Gasteiger partial charge on any atom is 0.416 e. The van der Waals surface area contributed by atoms with Gasteiger partial charge in [-0.2, -0.15) is 13.2 Å². The van der Waals surface area contributed by atoms with Crippen LogP contribution >= 0.6 is 0 Å². The number of nitrogens with one attached hydrogen (secondary N) is 1. The van der Waals surface area contributed by atoms with E-state index in [0.717, 1.165) is 23.4 Å². The van der Waals surface area contributed by atoms with Gasteiger partial charge in [0.15, 0.2) is 11.5 Å². The average molecular weight is 429 g/mol. The van der Waals surface area contributed by atoms with E-state index in [0.29, 0.717) is 48.6 Å². The first-order valence-electron chi connectivity index (χ1n) is 9.77. The lowest BCUT2D eigenvalue weighted by Crippen LogP contribution is -2.35. The Bertz CT molecular complexity index is 1190. The van der Waals surface area contributed by atoms with Crippen molar-refractivity contribution >= 4 is 0 Å². The predicted octanol–water partition coefficient (Wildman–Crippen LogP) is 3.74. The van der Waals surface area contributed by atoms with Crippen molar-refractivity contribution in [3.8, 4) is 22.9 Å². The summed E-state index contributed by atoms with van der Waals surface area (Å²) >= 11 is 0. The molecule has 0 spiro atoms. The standard InChI is InChI=1S/C22H18F3N3O3/c23-22(24,25)15-4-2-14(3-5-15)20-26-17-11-28(8-7-16(17)21(29)27-20)10-13-1-6-18-19(9-13)31-12-30-18/h1-6,9H,7-8,10-12H2,(H,26,27,29). The van der Waals surface area contributed by atoms with Gasteiger partial charge in [0, 0.05) is 30.8 Å². The van der Waals surface area contributed by atoms with Crippen LogP contribution < -0.4 is 15.0 Å². The largest absolute Gasteiger partial charge is 0.454 e. The molecule has 0 atom stereocenters. The molecule has 0 saturated heterocycles. The lowest BCUT2D eigenvalue weighted by Gasteiger charge is -2.27. The summed E-state index contributed by atoms with van der Waals surface area (Å²) in [6.07, 6.45) is -3.86. The summed E-state index contributed by atoms with van der Waals surface area (Å²) < 4.78 is 49.2. The number of ether oxygens (including phenoxy) is 2. The van der Waals surface area contributed by atoms with Gasteiger partial charge in [0.25, 0.3) is 5.56 Å². The summed E-state index contributed by atoms with van der Waals surface area (Å²) in [5.41, 5.74) is 1.76. The predicted molar refractivity (Wildman–Crippen MR) is 106 cm³/mol. The Balaban J connectivity index is 1.38. The molecule has 0 aliphatic carbocycles. The van der Waals surface area contributed by atoms with E-state index in [1.54, 1.807) is 0 Å². The second kappa shape index (κ2) is 7.42. The fourth-order valence-electron chi connectivity index (χ4n) is 3.88. The number of alkyl halides is 3. The number of aromatic amines is 1. The molecule has 5 rings (SSSR count). The van der Waals surface area contributed by atoms with E-state index in [2.05, 4.69) is 14.9 Å². The summed E-state index contributed by atoms with van der Waals surface area (Å²) in [5, 5.41) is 0. The van der Waals surface area contributed by atoms with Gasteiger partial charge in [-0.05, 0) is 36.2 Å². The van der Waals surface area contributed by atoms with E-state index in [1.165, 1.54) is 12.1 Å². The molecule has 0 amide bonds. The number of benzene rings is 2. The minimum atomic E-state index is -4.41. The quantitative estimate of drug-likeness (QED) is 0.687. The number of fused-ring (bicyclic) bond motifs is 2. The molecule has 3 aromatic rings. The van der Waals surface area contributed by atoms with Gasteiger partial charge in [-0.1, -0.05) is 18.2 Å². The van der Waals surface area contributed by atoms with Crippen LogP contribution in [0, 0.1) is 0 Å². The zero-order chi connectivity index (χ0) is 21.6. The number of nitrogens with zero attached hydrogens (tertiary/aromatic N) is 2. The summed E-state index contributed by atoms with van der Waals surface area (Å²) in [6, 6.07) is 10.4. The van der Waals surface area contributed by atoms with Crippen LogP contribution in [0.5, 0.6) is 11.5 Å². The lowest BCUT2D eigenvalue weighted by molar-refractivity contribution is -0.137.